The minimum absolute atomic E-state index is 0.0684. The van der Waals surface area contributed by atoms with Crippen molar-refractivity contribution < 1.29 is 14.6 Å². The van der Waals surface area contributed by atoms with Crippen molar-refractivity contribution in [2.24, 2.45) is 11.8 Å². The maximum absolute atomic E-state index is 13.7. The number of hydrogen-bond donors (Lipinski definition) is 1. The molecular weight excluding hydrogens is 486 g/mol. The number of ether oxygens (including phenoxy) is 1. The number of phenols is 1. The maximum atomic E-state index is 13.7. The summed E-state index contributed by atoms with van der Waals surface area (Å²) in [4.78, 5) is 23.2. The minimum atomic E-state index is -0.0684. The van der Waals surface area contributed by atoms with Crippen molar-refractivity contribution >= 4 is 34.0 Å². The molecule has 1 saturated carbocycles. The van der Waals surface area contributed by atoms with Crippen LogP contribution in [-0.4, -0.2) is 61.6 Å². The summed E-state index contributed by atoms with van der Waals surface area (Å²) in [5.41, 5.74) is 4.41. The number of carbonyl (C=O) groups is 1. The summed E-state index contributed by atoms with van der Waals surface area (Å²) in [7, 11) is 5.78. The van der Waals surface area contributed by atoms with Crippen LogP contribution in [0.1, 0.15) is 48.9 Å². The zero-order valence-electron chi connectivity index (χ0n) is 22.0. The summed E-state index contributed by atoms with van der Waals surface area (Å²) < 4.78 is 5.34. The summed E-state index contributed by atoms with van der Waals surface area (Å²) in [5, 5.41) is 11.4. The number of rotatable bonds is 7. The SMILES string of the molecule is COc1cc(-c2ccc3ncc(C(=O)C4CCCC4)c(N4CCC(CN(C)C)CC4)c3c2)cc(Cl)c1O. The predicted molar refractivity (Wildman–Crippen MR) is 150 cm³/mol. The number of methoxy groups -OCH3 is 1. The largest absolute Gasteiger partial charge is 0.503 e. The number of nitrogens with zero attached hydrogens (tertiary/aromatic N) is 3. The molecule has 3 aromatic rings. The molecule has 1 saturated heterocycles. The standard InChI is InChI=1S/C30H36ClN3O3/c1-33(2)18-19-10-12-34(13-11-19)28-23-14-21(22-15-25(31)30(36)27(16-22)37-3)8-9-26(23)32-17-24(28)29(35)20-6-4-5-7-20/h8-9,14-17,19-20,36H,4-7,10-13,18H2,1-3H3. The van der Waals surface area contributed by atoms with Crippen LogP contribution in [-0.2, 0) is 0 Å². The molecule has 2 aliphatic rings. The van der Waals surface area contributed by atoms with E-state index in [2.05, 4.69) is 30.0 Å². The molecule has 0 unspecified atom stereocenters. The molecule has 6 nitrogen and oxygen atoms in total. The van der Waals surface area contributed by atoms with Gasteiger partial charge in [0.05, 0.1) is 28.9 Å². The minimum Gasteiger partial charge on any atom is -0.503 e. The summed E-state index contributed by atoms with van der Waals surface area (Å²) in [5.74, 6) is 1.25. The van der Waals surface area contributed by atoms with E-state index >= 15 is 0 Å². The lowest BCUT2D eigenvalue weighted by Gasteiger charge is -2.36. The van der Waals surface area contributed by atoms with E-state index in [1.807, 2.05) is 18.3 Å². The van der Waals surface area contributed by atoms with E-state index in [1.54, 1.807) is 12.1 Å². The van der Waals surface area contributed by atoms with Gasteiger partial charge in [-0.25, -0.2) is 0 Å². The molecule has 1 aliphatic heterocycles. The van der Waals surface area contributed by atoms with Gasteiger partial charge in [-0.05, 0) is 81.1 Å². The first-order valence-corrected chi connectivity index (χ1v) is 13.7. The highest BCUT2D eigenvalue weighted by Gasteiger charge is 2.30. The molecule has 0 amide bonds. The van der Waals surface area contributed by atoms with Gasteiger partial charge in [0.15, 0.2) is 17.3 Å². The number of hydrogen-bond acceptors (Lipinski definition) is 6. The highest BCUT2D eigenvalue weighted by atomic mass is 35.5. The van der Waals surface area contributed by atoms with Crippen LogP contribution >= 0.6 is 11.6 Å². The number of halogens is 1. The summed E-state index contributed by atoms with van der Waals surface area (Å²) in [6, 6.07) is 9.65. The molecule has 2 heterocycles. The number of Topliss-reactive ketones (excluding diaryl/α,β-unsaturated/α-hetero) is 1. The lowest BCUT2D eigenvalue weighted by atomic mass is 9.91. The monoisotopic (exact) mass is 521 g/mol. The van der Waals surface area contributed by atoms with Crippen LogP contribution in [0.15, 0.2) is 36.5 Å². The third kappa shape index (κ3) is 5.27. The Morgan fingerprint density at radius 1 is 1.11 bits per heavy atom. The number of aromatic nitrogens is 1. The third-order valence-electron chi connectivity index (χ3n) is 7.97. The van der Waals surface area contributed by atoms with Gasteiger partial charge < -0.3 is 19.6 Å². The predicted octanol–water partition coefficient (Wildman–Crippen LogP) is 6.42. The van der Waals surface area contributed by atoms with E-state index in [4.69, 9.17) is 21.3 Å². The number of ketones is 1. The zero-order chi connectivity index (χ0) is 26.1. The van der Waals surface area contributed by atoms with E-state index < -0.39 is 0 Å². The first-order chi connectivity index (χ1) is 17.9. The number of carbonyl (C=O) groups excluding carboxylic acids is 1. The van der Waals surface area contributed by atoms with Crippen molar-refractivity contribution in [3.8, 4) is 22.6 Å². The lowest BCUT2D eigenvalue weighted by Crippen LogP contribution is -2.38. The summed E-state index contributed by atoms with van der Waals surface area (Å²) in [6.07, 6.45) is 8.18. The molecule has 37 heavy (non-hydrogen) atoms. The first kappa shape index (κ1) is 25.8. The number of aromatic hydroxyl groups is 1. The van der Waals surface area contributed by atoms with Crippen molar-refractivity contribution in [1.29, 1.82) is 0 Å². The Morgan fingerprint density at radius 2 is 1.84 bits per heavy atom. The molecule has 2 aromatic carbocycles. The molecule has 5 rings (SSSR count). The van der Waals surface area contributed by atoms with Crippen LogP contribution in [0.5, 0.6) is 11.5 Å². The van der Waals surface area contributed by atoms with Crippen molar-refractivity contribution in [1.82, 2.24) is 9.88 Å². The molecular formula is C30H36ClN3O3. The Hall–Kier alpha value is -2.83. The van der Waals surface area contributed by atoms with Crippen molar-refractivity contribution in [2.75, 3.05) is 45.7 Å². The molecule has 2 fully saturated rings. The normalized spacial score (nSPS) is 17.2. The van der Waals surface area contributed by atoms with Gasteiger partial charge >= 0.3 is 0 Å². The van der Waals surface area contributed by atoms with Gasteiger partial charge in [-0.2, -0.15) is 0 Å². The van der Waals surface area contributed by atoms with Gasteiger partial charge in [-0.15, -0.1) is 0 Å². The summed E-state index contributed by atoms with van der Waals surface area (Å²) >= 11 is 6.31. The fraction of sp³-hybridized carbons (Fsp3) is 0.467. The number of pyridine rings is 1. The smallest absolute Gasteiger partial charge is 0.176 e. The highest BCUT2D eigenvalue weighted by Crippen LogP contribution is 2.41. The second kappa shape index (κ2) is 10.9. The fourth-order valence-corrected chi connectivity index (χ4v) is 6.25. The average Bonchev–Trinajstić information content (AvgIpc) is 3.44. The number of phenolic OH excluding ortho intramolecular Hbond substituents is 1. The van der Waals surface area contributed by atoms with E-state index in [0.29, 0.717) is 11.7 Å². The van der Waals surface area contributed by atoms with Crippen LogP contribution in [0, 0.1) is 11.8 Å². The van der Waals surface area contributed by atoms with Crippen LogP contribution in [0.4, 0.5) is 5.69 Å². The number of benzene rings is 2. The molecule has 0 radical (unpaired) electrons. The Bertz CT molecular complexity index is 1290. The molecule has 1 aromatic heterocycles. The van der Waals surface area contributed by atoms with E-state index in [1.165, 1.54) is 7.11 Å². The molecule has 196 valence electrons. The Labute approximate surface area is 224 Å². The zero-order valence-corrected chi connectivity index (χ0v) is 22.7. The maximum Gasteiger partial charge on any atom is 0.176 e. The van der Waals surface area contributed by atoms with E-state index in [9.17, 15) is 9.90 Å². The van der Waals surface area contributed by atoms with Gasteiger partial charge in [0.25, 0.3) is 0 Å². The average molecular weight is 522 g/mol. The van der Waals surface area contributed by atoms with Crippen molar-refractivity contribution in [2.45, 2.75) is 38.5 Å². The molecule has 1 N–H and O–H groups in total. The Balaban J connectivity index is 1.60. The fourth-order valence-electron chi connectivity index (χ4n) is 6.04. The van der Waals surface area contributed by atoms with Crippen molar-refractivity contribution in [3.63, 3.8) is 0 Å². The second-order valence-electron chi connectivity index (χ2n) is 10.8. The van der Waals surface area contributed by atoms with E-state index in [0.717, 1.165) is 91.4 Å². The van der Waals surface area contributed by atoms with E-state index in [-0.39, 0.29) is 22.5 Å². The second-order valence-corrected chi connectivity index (χ2v) is 11.2. The van der Waals surface area contributed by atoms with Gasteiger partial charge in [-0.1, -0.05) is 30.5 Å². The van der Waals surface area contributed by atoms with Crippen LogP contribution in [0.25, 0.3) is 22.0 Å². The van der Waals surface area contributed by atoms with Gasteiger partial charge in [0.1, 0.15) is 0 Å². The van der Waals surface area contributed by atoms with Gasteiger partial charge in [-0.3, -0.25) is 9.78 Å². The third-order valence-corrected chi connectivity index (χ3v) is 8.25. The molecule has 0 atom stereocenters. The molecule has 0 bridgehead atoms. The number of piperidine rings is 1. The van der Waals surface area contributed by atoms with Crippen molar-refractivity contribution in [3.05, 3.63) is 47.1 Å². The Morgan fingerprint density at radius 3 is 2.51 bits per heavy atom. The van der Waals surface area contributed by atoms with Crippen LogP contribution in [0.2, 0.25) is 5.02 Å². The van der Waals surface area contributed by atoms with Gasteiger partial charge in [0.2, 0.25) is 0 Å². The van der Waals surface area contributed by atoms with Gasteiger partial charge in [0, 0.05) is 37.1 Å². The topological polar surface area (TPSA) is 65.9 Å². The van der Waals surface area contributed by atoms with Crippen LogP contribution in [0.3, 0.4) is 0 Å². The van der Waals surface area contributed by atoms with Crippen LogP contribution < -0.4 is 9.64 Å². The Kier molecular flexibility index (Phi) is 7.59. The highest BCUT2D eigenvalue weighted by molar-refractivity contribution is 6.32. The molecule has 0 spiro atoms. The molecule has 1 aliphatic carbocycles. The first-order valence-electron chi connectivity index (χ1n) is 13.3. The quantitative estimate of drug-likeness (QED) is 0.362. The summed E-state index contributed by atoms with van der Waals surface area (Å²) in [6.45, 7) is 2.93. The number of fused-ring (bicyclic) bond motifs is 1. The lowest BCUT2D eigenvalue weighted by molar-refractivity contribution is 0.0923. The molecule has 7 heteroatoms. The number of anilines is 1.